The molecule has 114 valence electrons. The first-order valence-corrected chi connectivity index (χ1v) is 7.59. The van der Waals surface area contributed by atoms with Gasteiger partial charge in [-0.25, -0.2) is 0 Å². The van der Waals surface area contributed by atoms with E-state index in [1.54, 1.807) is 12.4 Å². The van der Waals surface area contributed by atoms with E-state index < -0.39 is 30.1 Å². The molecular weight excluding hydrogens is 337 g/mol. The molecule has 2 rings (SSSR count). The second kappa shape index (κ2) is 5.70. The molecule has 1 fully saturated rings. The standard InChI is InChI=1S/C14H19BBrNO4/c1-13(2)14(3,4)21-15(20-13)11(6-12(18)19)9-5-10(16)8-17-7-9/h5,7-8,11H,6H2,1-4H3,(H,18,19). The van der Waals surface area contributed by atoms with Crippen LogP contribution >= 0.6 is 15.9 Å². The molecule has 1 aromatic rings. The molecule has 1 atom stereocenters. The lowest BCUT2D eigenvalue weighted by molar-refractivity contribution is -0.137. The van der Waals surface area contributed by atoms with Gasteiger partial charge in [-0.15, -0.1) is 0 Å². The van der Waals surface area contributed by atoms with Crippen molar-refractivity contribution in [3.63, 3.8) is 0 Å². The van der Waals surface area contributed by atoms with Crippen molar-refractivity contribution in [3.05, 3.63) is 28.5 Å². The van der Waals surface area contributed by atoms with Crippen LogP contribution in [0.15, 0.2) is 22.9 Å². The van der Waals surface area contributed by atoms with Gasteiger partial charge in [-0.05, 0) is 55.3 Å². The number of rotatable bonds is 4. The summed E-state index contributed by atoms with van der Waals surface area (Å²) in [4.78, 5) is 15.3. The summed E-state index contributed by atoms with van der Waals surface area (Å²) in [5, 5.41) is 9.19. The number of carbonyl (C=O) groups is 1. The van der Waals surface area contributed by atoms with Crippen molar-refractivity contribution in [1.82, 2.24) is 4.98 Å². The molecule has 5 nitrogen and oxygen atoms in total. The predicted octanol–water partition coefficient (Wildman–Crippen LogP) is 3.03. The summed E-state index contributed by atoms with van der Waals surface area (Å²) in [6.07, 6.45) is 3.24. The zero-order valence-corrected chi connectivity index (χ0v) is 14.2. The van der Waals surface area contributed by atoms with Gasteiger partial charge in [0.2, 0.25) is 0 Å². The van der Waals surface area contributed by atoms with Gasteiger partial charge in [-0.2, -0.15) is 0 Å². The fourth-order valence-electron chi connectivity index (χ4n) is 2.24. The molecule has 0 aliphatic carbocycles. The summed E-state index contributed by atoms with van der Waals surface area (Å²) in [6, 6.07) is 1.85. The fourth-order valence-corrected chi connectivity index (χ4v) is 2.63. The van der Waals surface area contributed by atoms with Crippen LogP contribution in [-0.2, 0) is 14.1 Å². The van der Waals surface area contributed by atoms with Crippen LogP contribution in [0.25, 0.3) is 0 Å². The second-order valence-electron chi connectivity index (χ2n) is 6.27. The largest absolute Gasteiger partial charge is 0.481 e. The number of carboxylic acid groups (broad SMARTS) is 1. The third-order valence-corrected chi connectivity index (χ3v) is 4.58. The zero-order chi connectivity index (χ0) is 15.8. The first-order valence-electron chi connectivity index (χ1n) is 6.80. The molecule has 0 spiro atoms. The van der Waals surface area contributed by atoms with Crippen LogP contribution in [0.1, 0.15) is 45.5 Å². The van der Waals surface area contributed by atoms with Gasteiger partial charge in [0, 0.05) is 22.7 Å². The van der Waals surface area contributed by atoms with Crippen molar-refractivity contribution in [2.45, 2.75) is 51.1 Å². The third-order valence-electron chi connectivity index (χ3n) is 4.15. The minimum absolute atomic E-state index is 0.0744. The molecule has 1 aliphatic rings. The summed E-state index contributed by atoms with van der Waals surface area (Å²) < 4.78 is 12.8. The zero-order valence-electron chi connectivity index (χ0n) is 12.6. The Hall–Kier alpha value is -0.915. The van der Waals surface area contributed by atoms with Gasteiger partial charge in [-0.3, -0.25) is 9.78 Å². The normalized spacial score (nSPS) is 21.3. The van der Waals surface area contributed by atoms with E-state index in [1.807, 2.05) is 33.8 Å². The van der Waals surface area contributed by atoms with Crippen LogP contribution in [0.3, 0.4) is 0 Å². The van der Waals surface area contributed by atoms with Gasteiger partial charge in [-0.1, -0.05) is 0 Å². The molecular formula is C14H19BBrNO4. The van der Waals surface area contributed by atoms with Gasteiger partial charge < -0.3 is 14.4 Å². The Morgan fingerprint density at radius 3 is 2.38 bits per heavy atom. The molecule has 0 amide bonds. The second-order valence-corrected chi connectivity index (χ2v) is 7.18. The van der Waals surface area contributed by atoms with Gasteiger partial charge in [0.15, 0.2) is 0 Å². The maximum atomic E-state index is 11.2. The summed E-state index contributed by atoms with van der Waals surface area (Å²) in [5.74, 6) is -1.30. The van der Waals surface area contributed by atoms with Crippen molar-refractivity contribution in [2.75, 3.05) is 0 Å². The van der Waals surface area contributed by atoms with E-state index in [0.717, 1.165) is 10.0 Å². The Balaban J connectivity index is 2.32. The molecule has 1 N–H and O–H groups in total. The molecule has 1 aliphatic heterocycles. The maximum Gasteiger partial charge on any atom is 0.466 e. The summed E-state index contributed by atoms with van der Waals surface area (Å²) in [6.45, 7) is 7.79. The van der Waals surface area contributed by atoms with E-state index in [1.165, 1.54) is 0 Å². The topological polar surface area (TPSA) is 68.7 Å². The van der Waals surface area contributed by atoms with E-state index in [0.29, 0.717) is 0 Å². The third kappa shape index (κ3) is 3.47. The number of hydrogen-bond acceptors (Lipinski definition) is 4. The van der Waals surface area contributed by atoms with Crippen LogP contribution < -0.4 is 0 Å². The molecule has 1 saturated heterocycles. The van der Waals surface area contributed by atoms with E-state index in [4.69, 9.17) is 9.31 Å². The van der Waals surface area contributed by atoms with E-state index in [-0.39, 0.29) is 6.42 Å². The summed E-state index contributed by atoms with van der Waals surface area (Å²) in [5.41, 5.74) is -0.202. The molecule has 7 heteroatoms. The summed E-state index contributed by atoms with van der Waals surface area (Å²) in [7, 11) is -0.609. The Morgan fingerprint density at radius 1 is 1.33 bits per heavy atom. The van der Waals surface area contributed by atoms with Gasteiger partial charge in [0.05, 0.1) is 17.6 Å². The highest BCUT2D eigenvalue weighted by atomic mass is 79.9. The first kappa shape index (κ1) is 16.5. The first-order chi connectivity index (χ1) is 9.62. The number of aromatic nitrogens is 1. The Bertz CT molecular complexity index is 534. The maximum absolute atomic E-state index is 11.2. The van der Waals surface area contributed by atoms with Crippen LogP contribution in [-0.4, -0.2) is 34.4 Å². The van der Waals surface area contributed by atoms with E-state index in [9.17, 15) is 9.90 Å². The van der Waals surface area contributed by atoms with Crippen LogP contribution in [0, 0.1) is 0 Å². The van der Waals surface area contributed by atoms with E-state index >= 15 is 0 Å². The number of hydrogen-bond donors (Lipinski definition) is 1. The molecule has 0 radical (unpaired) electrons. The van der Waals surface area contributed by atoms with Crippen molar-refractivity contribution in [2.24, 2.45) is 0 Å². The van der Waals surface area contributed by atoms with Crippen LogP contribution in [0.5, 0.6) is 0 Å². The molecule has 21 heavy (non-hydrogen) atoms. The van der Waals surface area contributed by atoms with Crippen molar-refractivity contribution < 1.29 is 19.2 Å². The Kier molecular flexibility index (Phi) is 4.47. The predicted molar refractivity (Wildman–Crippen MR) is 83.0 cm³/mol. The van der Waals surface area contributed by atoms with Crippen molar-refractivity contribution in [3.8, 4) is 0 Å². The number of halogens is 1. The molecule has 0 aromatic carbocycles. The van der Waals surface area contributed by atoms with Crippen LogP contribution in [0.4, 0.5) is 0 Å². The minimum atomic E-state index is -0.894. The van der Waals surface area contributed by atoms with Gasteiger partial charge in [0.25, 0.3) is 0 Å². The number of pyridine rings is 1. The molecule has 0 saturated carbocycles. The quantitative estimate of drug-likeness (QED) is 0.840. The number of carboxylic acids is 1. The molecule has 0 bridgehead atoms. The highest BCUT2D eigenvalue weighted by Gasteiger charge is 2.54. The lowest BCUT2D eigenvalue weighted by atomic mass is 9.66. The molecule has 2 heterocycles. The lowest BCUT2D eigenvalue weighted by Crippen LogP contribution is -2.41. The smallest absolute Gasteiger partial charge is 0.466 e. The fraction of sp³-hybridized carbons (Fsp3) is 0.571. The minimum Gasteiger partial charge on any atom is -0.481 e. The molecule has 1 unspecified atom stereocenters. The molecule has 1 aromatic heterocycles. The number of aliphatic carboxylic acids is 1. The highest BCUT2D eigenvalue weighted by molar-refractivity contribution is 9.10. The highest BCUT2D eigenvalue weighted by Crippen LogP contribution is 2.41. The van der Waals surface area contributed by atoms with E-state index in [2.05, 4.69) is 20.9 Å². The summed E-state index contributed by atoms with van der Waals surface area (Å²) >= 11 is 3.36. The van der Waals surface area contributed by atoms with Crippen molar-refractivity contribution >= 4 is 29.0 Å². The average Bonchev–Trinajstić information content (AvgIpc) is 2.55. The van der Waals surface area contributed by atoms with Gasteiger partial charge >= 0.3 is 13.1 Å². The van der Waals surface area contributed by atoms with Crippen molar-refractivity contribution in [1.29, 1.82) is 0 Å². The Morgan fingerprint density at radius 2 is 1.90 bits per heavy atom. The monoisotopic (exact) mass is 355 g/mol. The Labute approximate surface area is 133 Å². The lowest BCUT2D eigenvalue weighted by Gasteiger charge is -2.32. The van der Waals surface area contributed by atoms with Gasteiger partial charge in [0.1, 0.15) is 0 Å². The SMILES string of the molecule is CC1(C)OB(C(CC(=O)O)c2cncc(Br)c2)OC1(C)C. The number of nitrogens with zero attached hydrogens (tertiary/aromatic N) is 1. The van der Waals surface area contributed by atoms with Crippen LogP contribution in [0.2, 0.25) is 0 Å². The average molecular weight is 356 g/mol.